The highest BCUT2D eigenvalue weighted by atomic mass is 16.5. The first kappa shape index (κ1) is 10.4. The molecule has 0 atom stereocenters. The quantitative estimate of drug-likeness (QED) is 0.362. The minimum Gasteiger partial charge on any atom is -0.435 e. The standard InChI is InChI=1S/C8H10O4/c1-7(9)11-5-3-4-6-12-8(2)10/h3-6H,1-2H3/b5-3-,6-4-. The van der Waals surface area contributed by atoms with Crippen molar-refractivity contribution in [2.75, 3.05) is 0 Å². The summed E-state index contributed by atoms with van der Waals surface area (Å²) in [5, 5.41) is 0. The fourth-order valence-corrected chi connectivity index (χ4v) is 0.361. The summed E-state index contributed by atoms with van der Waals surface area (Å²) in [5.74, 6) is -0.792. The van der Waals surface area contributed by atoms with Crippen LogP contribution >= 0.6 is 0 Å². The van der Waals surface area contributed by atoms with E-state index in [1.54, 1.807) is 0 Å². The van der Waals surface area contributed by atoms with Crippen molar-refractivity contribution in [2.24, 2.45) is 0 Å². The molecule has 0 N–H and O–H groups in total. The van der Waals surface area contributed by atoms with E-state index in [9.17, 15) is 9.59 Å². The number of carbonyl (C=O) groups is 2. The van der Waals surface area contributed by atoms with Crippen molar-refractivity contribution >= 4 is 11.9 Å². The average Bonchev–Trinajstić information content (AvgIpc) is 1.95. The average molecular weight is 170 g/mol. The molecule has 0 aromatic carbocycles. The van der Waals surface area contributed by atoms with Crippen LogP contribution in [0.5, 0.6) is 0 Å². The van der Waals surface area contributed by atoms with Crippen molar-refractivity contribution in [3.63, 3.8) is 0 Å². The number of hydrogen-bond acceptors (Lipinski definition) is 4. The van der Waals surface area contributed by atoms with Crippen LogP contribution in [0, 0.1) is 0 Å². The lowest BCUT2D eigenvalue weighted by Gasteiger charge is -1.88. The third-order valence-electron chi connectivity index (χ3n) is 0.736. The van der Waals surface area contributed by atoms with E-state index in [1.807, 2.05) is 0 Å². The molecule has 0 unspecified atom stereocenters. The summed E-state index contributed by atoms with van der Waals surface area (Å²) < 4.78 is 8.88. The lowest BCUT2D eigenvalue weighted by molar-refractivity contribution is -0.136. The van der Waals surface area contributed by atoms with Crippen LogP contribution in [0.15, 0.2) is 24.7 Å². The Labute approximate surface area is 70.5 Å². The largest absolute Gasteiger partial charge is 0.435 e. The number of carbonyl (C=O) groups excluding carboxylic acids is 2. The van der Waals surface area contributed by atoms with Crippen LogP contribution in [0.3, 0.4) is 0 Å². The molecule has 0 fully saturated rings. The first-order valence-corrected chi connectivity index (χ1v) is 3.29. The van der Waals surface area contributed by atoms with Gasteiger partial charge >= 0.3 is 11.9 Å². The predicted octanol–water partition coefficient (Wildman–Crippen LogP) is 1.14. The molecule has 0 aliphatic carbocycles. The summed E-state index contributed by atoms with van der Waals surface area (Å²) in [4.78, 5) is 20.4. The van der Waals surface area contributed by atoms with Gasteiger partial charge in [-0.3, -0.25) is 9.59 Å². The zero-order valence-corrected chi connectivity index (χ0v) is 6.94. The molecular weight excluding hydrogens is 160 g/mol. The Morgan fingerprint density at radius 2 is 1.25 bits per heavy atom. The molecule has 0 aliphatic rings. The molecular formula is C8H10O4. The molecule has 0 heterocycles. The highest BCUT2D eigenvalue weighted by molar-refractivity contribution is 5.67. The van der Waals surface area contributed by atoms with Crippen LogP contribution in [0.1, 0.15) is 13.8 Å². The second-order valence-corrected chi connectivity index (χ2v) is 1.88. The van der Waals surface area contributed by atoms with E-state index < -0.39 is 11.9 Å². The van der Waals surface area contributed by atoms with E-state index in [-0.39, 0.29) is 0 Å². The van der Waals surface area contributed by atoms with E-state index in [4.69, 9.17) is 0 Å². The first-order chi connectivity index (χ1) is 5.63. The molecule has 0 aliphatic heterocycles. The second-order valence-electron chi connectivity index (χ2n) is 1.88. The molecule has 0 rings (SSSR count). The highest BCUT2D eigenvalue weighted by Gasteiger charge is 1.83. The Morgan fingerprint density at radius 1 is 0.917 bits per heavy atom. The maximum Gasteiger partial charge on any atom is 0.307 e. The fraction of sp³-hybridized carbons (Fsp3) is 0.250. The summed E-state index contributed by atoms with van der Waals surface area (Å²) in [7, 11) is 0. The summed E-state index contributed by atoms with van der Waals surface area (Å²) >= 11 is 0. The van der Waals surface area contributed by atoms with Gasteiger partial charge in [-0.15, -0.1) is 0 Å². The number of allylic oxidation sites excluding steroid dienone is 2. The molecule has 0 amide bonds. The number of esters is 2. The molecule has 12 heavy (non-hydrogen) atoms. The molecule has 0 aromatic heterocycles. The molecule has 0 bridgehead atoms. The fourth-order valence-electron chi connectivity index (χ4n) is 0.361. The summed E-state index contributed by atoms with van der Waals surface area (Å²) in [5.41, 5.74) is 0. The van der Waals surface area contributed by atoms with Crippen molar-refractivity contribution < 1.29 is 19.1 Å². The van der Waals surface area contributed by atoms with Crippen molar-refractivity contribution in [3.05, 3.63) is 24.7 Å². The Kier molecular flexibility index (Phi) is 5.34. The van der Waals surface area contributed by atoms with Crippen LogP contribution < -0.4 is 0 Å². The molecule has 66 valence electrons. The smallest absolute Gasteiger partial charge is 0.307 e. The number of rotatable bonds is 3. The lowest BCUT2D eigenvalue weighted by atomic mass is 10.6. The maximum atomic E-state index is 10.2. The maximum absolute atomic E-state index is 10.2. The van der Waals surface area contributed by atoms with Gasteiger partial charge in [0.25, 0.3) is 0 Å². The third kappa shape index (κ3) is 8.42. The number of hydrogen-bond donors (Lipinski definition) is 0. The molecule has 0 saturated heterocycles. The van der Waals surface area contributed by atoms with Crippen LogP contribution in [0.25, 0.3) is 0 Å². The Morgan fingerprint density at radius 3 is 1.50 bits per heavy atom. The molecule has 4 heteroatoms. The minimum absolute atomic E-state index is 0.396. The van der Waals surface area contributed by atoms with Crippen molar-refractivity contribution in [1.29, 1.82) is 0 Å². The van der Waals surface area contributed by atoms with Crippen molar-refractivity contribution in [2.45, 2.75) is 13.8 Å². The van der Waals surface area contributed by atoms with Crippen LogP contribution in [-0.4, -0.2) is 11.9 Å². The summed E-state index contributed by atoms with van der Waals surface area (Å²) in [6.45, 7) is 2.58. The second kappa shape index (κ2) is 6.15. The normalized spacial score (nSPS) is 10.5. The highest BCUT2D eigenvalue weighted by Crippen LogP contribution is 1.83. The number of ether oxygens (including phenoxy) is 2. The van der Waals surface area contributed by atoms with Gasteiger partial charge in [-0.1, -0.05) is 0 Å². The Hall–Kier alpha value is -1.58. The molecule has 0 aromatic rings. The van der Waals surface area contributed by atoms with E-state index >= 15 is 0 Å². The van der Waals surface area contributed by atoms with Gasteiger partial charge in [-0.25, -0.2) is 0 Å². The Bertz CT molecular complexity index is 191. The molecule has 0 spiro atoms. The van der Waals surface area contributed by atoms with Gasteiger partial charge in [0.05, 0.1) is 12.5 Å². The monoisotopic (exact) mass is 170 g/mol. The zero-order chi connectivity index (χ0) is 9.40. The van der Waals surface area contributed by atoms with Crippen LogP contribution in [-0.2, 0) is 19.1 Å². The topological polar surface area (TPSA) is 52.6 Å². The van der Waals surface area contributed by atoms with Gasteiger partial charge in [0, 0.05) is 13.8 Å². The van der Waals surface area contributed by atoms with Gasteiger partial charge < -0.3 is 9.47 Å². The molecule has 0 radical (unpaired) electrons. The predicted molar refractivity (Wildman–Crippen MR) is 41.8 cm³/mol. The minimum atomic E-state index is -0.396. The first-order valence-electron chi connectivity index (χ1n) is 3.29. The summed E-state index contributed by atoms with van der Waals surface area (Å²) in [6.07, 6.45) is 5.26. The Balaban J connectivity index is 3.52. The van der Waals surface area contributed by atoms with Crippen molar-refractivity contribution in [1.82, 2.24) is 0 Å². The van der Waals surface area contributed by atoms with E-state index in [0.717, 1.165) is 0 Å². The van der Waals surface area contributed by atoms with Crippen LogP contribution in [0.4, 0.5) is 0 Å². The third-order valence-corrected chi connectivity index (χ3v) is 0.736. The van der Waals surface area contributed by atoms with E-state index in [1.165, 1.54) is 38.5 Å². The zero-order valence-electron chi connectivity index (χ0n) is 6.94. The lowest BCUT2D eigenvalue weighted by Crippen LogP contribution is -1.89. The van der Waals surface area contributed by atoms with Crippen molar-refractivity contribution in [3.8, 4) is 0 Å². The van der Waals surface area contributed by atoms with Gasteiger partial charge in [0.15, 0.2) is 0 Å². The van der Waals surface area contributed by atoms with Gasteiger partial charge in [-0.05, 0) is 12.2 Å². The van der Waals surface area contributed by atoms with E-state index in [2.05, 4.69) is 9.47 Å². The molecule has 0 saturated carbocycles. The van der Waals surface area contributed by atoms with Crippen LogP contribution in [0.2, 0.25) is 0 Å². The molecule has 4 nitrogen and oxygen atoms in total. The SMILES string of the molecule is CC(=O)O/C=C\C=C/OC(C)=O. The van der Waals surface area contributed by atoms with E-state index in [0.29, 0.717) is 0 Å². The van der Waals surface area contributed by atoms with Gasteiger partial charge in [0.2, 0.25) is 0 Å². The summed E-state index contributed by atoms with van der Waals surface area (Å²) in [6, 6.07) is 0. The van der Waals surface area contributed by atoms with Gasteiger partial charge in [-0.2, -0.15) is 0 Å². The van der Waals surface area contributed by atoms with Gasteiger partial charge in [0.1, 0.15) is 0 Å².